The third-order valence-corrected chi connectivity index (χ3v) is 3.22. The summed E-state index contributed by atoms with van der Waals surface area (Å²) in [6, 6.07) is 10.3. The minimum absolute atomic E-state index is 0.0381. The Bertz CT molecular complexity index is 838. The molecule has 1 aromatic heterocycles. The lowest BCUT2D eigenvalue weighted by Gasteiger charge is -2.03. The second kappa shape index (κ2) is 5.25. The molecule has 110 valence electrons. The third-order valence-electron chi connectivity index (χ3n) is 3.22. The van der Waals surface area contributed by atoms with Crippen LogP contribution in [0.15, 0.2) is 48.7 Å². The van der Waals surface area contributed by atoms with Gasteiger partial charge < -0.3 is 15.3 Å². The van der Waals surface area contributed by atoms with E-state index >= 15 is 0 Å². The van der Waals surface area contributed by atoms with E-state index in [1.54, 1.807) is 12.1 Å². The zero-order valence-corrected chi connectivity index (χ0v) is 11.3. The van der Waals surface area contributed by atoms with E-state index < -0.39 is 0 Å². The van der Waals surface area contributed by atoms with Crippen molar-refractivity contribution in [2.24, 2.45) is 0 Å². The number of hydrogen-bond acceptors (Lipinski definition) is 5. The number of hydrogen-bond donors (Lipinski definition) is 3. The maximum absolute atomic E-state index is 11.3. The van der Waals surface area contributed by atoms with Crippen LogP contribution in [0, 0.1) is 0 Å². The highest BCUT2D eigenvalue weighted by Crippen LogP contribution is 2.33. The number of carbonyl (C=O) groups is 1. The van der Waals surface area contributed by atoms with Gasteiger partial charge in [0.15, 0.2) is 6.29 Å². The van der Waals surface area contributed by atoms with Crippen molar-refractivity contribution >= 4 is 6.29 Å². The Hall–Kier alpha value is -3.28. The predicted molar refractivity (Wildman–Crippen MR) is 79.4 cm³/mol. The lowest BCUT2D eigenvalue weighted by atomic mass is 10.1. The minimum atomic E-state index is -0.0862. The van der Waals surface area contributed by atoms with Crippen molar-refractivity contribution in [1.82, 2.24) is 9.78 Å². The van der Waals surface area contributed by atoms with E-state index in [-0.39, 0.29) is 34.1 Å². The van der Waals surface area contributed by atoms with Crippen LogP contribution in [-0.4, -0.2) is 31.4 Å². The van der Waals surface area contributed by atoms with Gasteiger partial charge in [0.25, 0.3) is 0 Å². The highest BCUT2D eigenvalue weighted by molar-refractivity contribution is 5.87. The fourth-order valence-electron chi connectivity index (χ4n) is 2.13. The number of phenols is 3. The fraction of sp³-hybridized carbons (Fsp3) is 0. The number of phenolic OH excluding ortho intramolecular Hbond substituents is 3. The summed E-state index contributed by atoms with van der Waals surface area (Å²) in [5, 5.41) is 33.1. The summed E-state index contributed by atoms with van der Waals surface area (Å²) < 4.78 is 1.46. The number of carbonyl (C=O) groups excluding carboxylic acids is 1. The van der Waals surface area contributed by atoms with Gasteiger partial charge in [-0.05, 0) is 42.5 Å². The molecule has 0 unspecified atom stereocenters. The van der Waals surface area contributed by atoms with Gasteiger partial charge in [0, 0.05) is 11.8 Å². The first-order valence-electron chi connectivity index (χ1n) is 6.45. The van der Waals surface area contributed by atoms with Gasteiger partial charge in [-0.15, -0.1) is 0 Å². The molecule has 3 N–H and O–H groups in total. The first-order chi connectivity index (χ1) is 10.6. The van der Waals surface area contributed by atoms with E-state index in [0.29, 0.717) is 12.0 Å². The van der Waals surface area contributed by atoms with Crippen molar-refractivity contribution in [3.05, 3.63) is 54.2 Å². The molecule has 0 radical (unpaired) electrons. The molecule has 1 heterocycles. The molecule has 0 bridgehead atoms. The lowest BCUT2D eigenvalue weighted by molar-refractivity contribution is 0.112. The van der Waals surface area contributed by atoms with Crippen molar-refractivity contribution < 1.29 is 20.1 Å². The summed E-state index contributed by atoms with van der Waals surface area (Å²) >= 11 is 0. The molecule has 0 atom stereocenters. The first-order valence-corrected chi connectivity index (χ1v) is 6.45. The van der Waals surface area contributed by atoms with Crippen LogP contribution >= 0.6 is 0 Å². The summed E-state index contributed by atoms with van der Waals surface area (Å²) in [5.41, 5.74) is 1.44. The Morgan fingerprint density at radius 2 is 1.64 bits per heavy atom. The second-order valence-corrected chi connectivity index (χ2v) is 4.71. The van der Waals surface area contributed by atoms with E-state index in [1.165, 1.54) is 41.2 Å². The van der Waals surface area contributed by atoms with Crippen LogP contribution in [0.2, 0.25) is 0 Å². The second-order valence-electron chi connectivity index (χ2n) is 4.71. The average Bonchev–Trinajstić information content (AvgIpc) is 2.94. The van der Waals surface area contributed by atoms with Crippen LogP contribution in [0.5, 0.6) is 17.2 Å². The van der Waals surface area contributed by atoms with E-state index in [4.69, 9.17) is 0 Å². The maximum atomic E-state index is 11.3. The van der Waals surface area contributed by atoms with Crippen LogP contribution < -0.4 is 0 Å². The Balaban J connectivity index is 2.14. The van der Waals surface area contributed by atoms with E-state index in [9.17, 15) is 20.1 Å². The molecule has 0 saturated heterocycles. The van der Waals surface area contributed by atoms with E-state index in [0.717, 1.165) is 0 Å². The zero-order valence-electron chi connectivity index (χ0n) is 11.3. The van der Waals surface area contributed by atoms with Crippen molar-refractivity contribution in [3.63, 3.8) is 0 Å². The number of benzene rings is 2. The molecule has 3 aromatic rings. The van der Waals surface area contributed by atoms with Gasteiger partial charge in [-0.3, -0.25) is 4.79 Å². The number of aromatic nitrogens is 2. The molecule has 2 aromatic carbocycles. The van der Waals surface area contributed by atoms with Gasteiger partial charge >= 0.3 is 0 Å². The molecule has 0 spiro atoms. The quantitative estimate of drug-likeness (QED) is 0.509. The third kappa shape index (κ3) is 2.37. The Labute approximate surface area is 125 Å². The van der Waals surface area contributed by atoms with E-state index in [2.05, 4.69) is 5.10 Å². The zero-order chi connectivity index (χ0) is 15.7. The van der Waals surface area contributed by atoms with Crippen LogP contribution in [0.1, 0.15) is 10.4 Å². The Morgan fingerprint density at radius 3 is 2.32 bits per heavy atom. The average molecular weight is 296 g/mol. The number of nitrogens with zero attached hydrogens (tertiary/aromatic N) is 2. The highest BCUT2D eigenvalue weighted by atomic mass is 16.3. The monoisotopic (exact) mass is 296 g/mol. The summed E-state index contributed by atoms with van der Waals surface area (Å²) in [6.07, 6.45) is 2.14. The van der Waals surface area contributed by atoms with Gasteiger partial charge in [-0.25, -0.2) is 4.68 Å². The highest BCUT2D eigenvalue weighted by Gasteiger charge is 2.15. The molecule has 0 aliphatic heterocycles. The molecule has 0 aliphatic rings. The topological polar surface area (TPSA) is 95.6 Å². The molecular weight excluding hydrogens is 284 g/mol. The number of aromatic hydroxyl groups is 3. The van der Waals surface area contributed by atoms with E-state index in [1.807, 2.05) is 0 Å². The van der Waals surface area contributed by atoms with Crippen molar-refractivity contribution in [2.75, 3.05) is 0 Å². The molecule has 0 amide bonds. The number of rotatable bonds is 3. The van der Waals surface area contributed by atoms with Crippen LogP contribution in [-0.2, 0) is 0 Å². The Morgan fingerprint density at radius 1 is 0.955 bits per heavy atom. The molecule has 6 heteroatoms. The minimum Gasteiger partial charge on any atom is -0.508 e. The van der Waals surface area contributed by atoms with Crippen LogP contribution in [0.4, 0.5) is 0 Å². The molecule has 0 saturated carbocycles. The molecule has 3 rings (SSSR count). The van der Waals surface area contributed by atoms with Crippen molar-refractivity contribution in [2.45, 2.75) is 0 Å². The smallest absolute Gasteiger partial charge is 0.153 e. The molecule has 0 fully saturated rings. The van der Waals surface area contributed by atoms with Gasteiger partial charge in [0.2, 0.25) is 0 Å². The van der Waals surface area contributed by atoms with Crippen molar-refractivity contribution in [3.8, 4) is 34.2 Å². The van der Waals surface area contributed by atoms with Crippen LogP contribution in [0.3, 0.4) is 0 Å². The van der Waals surface area contributed by atoms with Gasteiger partial charge in [-0.1, -0.05) is 0 Å². The number of aldehydes is 1. The Kier molecular flexibility index (Phi) is 3.27. The molecule has 22 heavy (non-hydrogen) atoms. The van der Waals surface area contributed by atoms with Crippen molar-refractivity contribution in [1.29, 1.82) is 0 Å². The summed E-state index contributed by atoms with van der Waals surface area (Å²) in [6.45, 7) is 0. The SMILES string of the molecule is O=Cc1cn(-c2ccc(O)cc2)nc1-c1cc(O)ccc1O. The fourth-order valence-corrected chi connectivity index (χ4v) is 2.13. The largest absolute Gasteiger partial charge is 0.508 e. The normalized spacial score (nSPS) is 10.5. The predicted octanol–water partition coefficient (Wildman–Crippen LogP) is 2.47. The summed E-state index contributed by atoms with van der Waals surface area (Å²) in [5.74, 6) is -0.00180. The molecule has 0 aliphatic carbocycles. The van der Waals surface area contributed by atoms with Crippen LogP contribution in [0.25, 0.3) is 16.9 Å². The van der Waals surface area contributed by atoms with Gasteiger partial charge in [0.05, 0.1) is 11.3 Å². The lowest BCUT2D eigenvalue weighted by Crippen LogP contribution is -1.94. The standard InChI is InChI=1S/C16H12N2O4/c19-9-10-8-18(11-1-3-12(20)4-2-11)17-16(10)14-7-13(21)5-6-15(14)22/h1-9,20-22H. The molecular formula is C16H12N2O4. The summed E-state index contributed by atoms with van der Waals surface area (Å²) in [4.78, 5) is 11.3. The summed E-state index contributed by atoms with van der Waals surface area (Å²) in [7, 11) is 0. The first kappa shape index (κ1) is 13.7. The molecule has 6 nitrogen and oxygen atoms in total. The van der Waals surface area contributed by atoms with Gasteiger partial charge in [-0.2, -0.15) is 5.10 Å². The maximum Gasteiger partial charge on any atom is 0.153 e. The van der Waals surface area contributed by atoms with Gasteiger partial charge in [0.1, 0.15) is 22.9 Å².